The first-order valence-corrected chi connectivity index (χ1v) is 6.54. The zero-order valence-corrected chi connectivity index (χ0v) is 9.65. The Morgan fingerprint density at radius 1 is 1.25 bits per heavy atom. The molecule has 1 N–H and O–H groups in total. The van der Waals surface area contributed by atoms with Gasteiger partial charge in [0, 0.05) is 6.54 Å². The van der Waals surface area contributed by atoms with Gasteiger partial charge in [-0.15, -0.1) is 0 Å². The van der Waals surface area contributed by atoms with Gasteiger partial charge in [0.05, 0.1) is 12.6 Å². The van der Waals surface area contributed by atoms with Gasteiger partial charge in [0.25, 0.3) is 5.91 Å². The van der Waals surface area contributed by atoms with E-state index in [4.69, 9.17) is 4.84 Å². The van der Waals surface area contributed by atoms with E-state index in [0.29, 0.717) is 12.5 Å². The van der Waals surface area contributed by atoms with Gasteiger partial charge in [0.2, 0.25) is 0 Å². The first-order valence-electron chi connectivity index (χ1n) is 6.54. The first-order chi connectivity index (χ1) is 7.86. The molecule has 90 valence electrons. The lowest BCUT2D eigenvalue weighted by Gasteiger charge is -2.29. The van der Waals surface area contributed by atoms with Gasteiger partial charge in [-0.05, 0) is 44.1 Å². The summed E-state index contributed by atoms with van der Waals surface area (Å²) in [6.07, 6.45) is 5.95. The third kappa shape index (κ3) is 1.74. The molecule has 3 fully saturated rings. The summed E-state index contributed by atoms with van der Waals surface area (Å²) in [4.78, 5) is 17.7. The Morgan fingerprint density at radius 3 is 3.00 bits per heavy atom. The number of nitrogens with one attached hydrogen (secondary N) is 1. The molecule has 1 amide bonds. The molecule has 1 aliphatic carbocycles. The lowest BCUT2D eigenvalue weighted by Crippen LogP contribution is -2.48. The van der Waals surface area contributed by atoms with E-state index in [2.05, 4.69) is 5.32 Å². The Bertz CT molecular complexity index is 276. The third-order valence-corrected chi connectivity index (χ3v) is 4.26. The fourth-order valence-corrected chi connectivity index (χ4v) is 3.38. The van der Waals surface area contributed by atoms with Crippen LogP contribution in [0, 0.1) is 11.8 Å². The average Bonchev–Trinajstić information content (AvgIpc) is 2.91. The van der Waals surface area contributed by atoms with E-state index in [9.17, 15) is 4.79 Å². The van der Waals surface area contributed by atoms with Crippen molar-refractivity contribution >= 4 is 5.91 Å². The zero-order valence-electron chi connectivity index (χ0n) is 9.65. The molecular formula is C12H20N2O2. The molecule has 0 aromatic rings. The summed E-state index contributed by atoms with van der Waals surface area (Å²) in [5.74, 6) is 1.48. The fraction of sp³-hybridized carbons (Fsp3) is 0.917. The van der Waals surface area contributed by atoms with Crippen LogP contribution in [0.1, 0.15) is 32.1 Å². The first kappa shape index (κ1) is 10.5. The monoisotopic (exact) mass is 224 g/mol. The molecular weight excluding hydrogens is 204 g/mol. The fourth-order valence-electron chi connectivity index (χ4n) is 3.38. The van der Waals surface area contributed by atoms with Gasteiger partial charge in [-0.1, -0.05) is 6.42 Å². The number of carbonyl (C=O) groups excluding carboxylic acids is 1. The van der Waals surface area contributed by atoms with Crippen LogP contribution in [0.15, 0.2) is 0 Å². The molecule has 3 rings (SSSR count). The molecule has 3 atom stereocenters. The van der Waals surface area contributed by atoms with Crippen molar-refractivity contribution < 1.29 is 9.63 Å². The number of amides is 1. The second-order valence-corrected chi connectivity index (χ2v) is 5.22. The summed E-state index contributed by atoms with van der Waals surface area (Å²) < 4.78 is 0. The zero-order chi connectivity index (χ0) is 11.0. The number of carbonyl (C=O) groups is 1. The van der Waals surface area contributed by atoms with Crippen LogP contribution >= 0.6 is 0 Å². The number of rotatable bonds is 1. The van der Waals surface area contributed by atoms with Gasteiger partial charge in [0.15, 0.2) is 0 Å². The molecule has 0 aromatic heterocycles. The molecule has 2 aliphatic heterocycles. The smallest absolute Gasteiger partial charge is 0.263 e. The molecule has 3 aliphatic rings. The minimum Gasteiger partial charge on any atom is -0.305 e. The highest BCUT2D eigenvalue weighted by atomic mass is 16.7. The van der Waals surface area contributed by atoms with Crippen LogP contribution < -0.4 is 5.32 Å². The standard InChI is InChI=1S/C12H20N2O2/c15-12(14-6-1-2-7-16-14)11-10-5-3-4-9(10)8-13-11/h9-11,13H,1-8H2. The van der Waals surface area contributed by atoms with Crippen molar-refractivity contribution in [2.24, 2.45) is 11.8 Å². The van der Waals surface area contributed by atoms with Crippen LogP contribution in [0.2, 0.25) is 0 Å². The van der Waals surface area contributed by atoms with E-state index in [0.717, 1.165) is 31.8 Å². The van der Waals surface area contributed by atoms with Crippen LogP contribution in [0.25, 0.3) is 0 Å². The largest absolute Gasteiger partial charge is 0.305 e. The number of fused-ring (bicyclic) bond motifs is 1. The number of hydrogen-bond donors (Lipinski definition) is 1. The number of hydrogen-bond acceptors (Lipinski definition) is 3. The van der Waals surface area contributed by atoms with Gasteiger partial charge < -0.3 is 5.32 Å². The predicted molar refractivity (Wildman–Crippen MR) is 59.5 cm³/mol. The molecule has 0 aromatic carbocycles. The molecule has 2 saturated heterocycles. The minimum atomic E-state index is 0.0330. The van der Waals surface area contributed by atoms with Crippen LogP contribution in [-0.2, 0) is 9.63 Å². The van der Waals surface area contributed by atoms with E-state index in [1.165, 1.54) is 19.3 Å². The van der Waals surface area contributed by atoms with Crippen LogP contribution in [0.5, 0.6) is 0 Å². The summed E-state index contributed by atoms with van der Waals surface area (Å²) >= 11 is 0. The molecule has 0 bridgehead atoms. The lowest BCUT2D eigenvalue weighted by molar-refractivity contribution is -0.199. The maximum atomic E-state index is 12.3. The summed E-state index contributed by atoms with van der Waals surface area (Å²) in [5.41, 5.74) is 0. The van der Waals surface area contributed by atoms with Crippen molar-refractivity contribution in [1.29, 1.82) is 0 Å². The van der Waals surface area contributed by atoms with Crippen LogP contribution in [-0.4, -0.2) is 36.7 Å². The highest BCUT2D eigenvalue weighted by Crippen LogP contribution is 2.38. The predicted octanol–water partition coefficient (Wildman–Crippen LogP) is 0.928. The molecule has 4 heteroatoms. The molecule has 3 unspecified atom stereocenters. The Labute approximate surface area is 96.3 Å². The van der Waals surface area contributed by atoms with Gasteiger partial charge in [-0.25, -0.2) is 5.06 Å². The van der Waals surface area contributed by atoms with Gasteiger partial charge in [-0.3, -0.25) is 9.63 Å². The average molecular weight is 224 g/mol. The van der Waals surface area contributed by atoms with Crippen molar-refractivity contribution in [3.05, 3.63) is 0 Å². The number of hydroxylamine groups is 2. The summed E-state index contributed by atoms with van der Waals surface area (Å²) in [6, 6.07) is 0.0330. The van der Waals surface area contributed by atoms with E-state index in [1.54, 1.807) is 5.06 Å². The van der Waals surface area contributed by atoms with Crippen molar-refractivity contribution in [3.8, 4) is 0 Å². The number of nitrogens with zero attached hydrogens (tertiary/aromatic N) is 1. The summed E-state index contributed by atoms with van der Waals surface area (Å²) in [5, 5.41) is 4.98. The van der Waals surface area contributed by atoms with Gasteiger partial charge in [0.1, 0.15) is 0 Å². The summed E-state index contributed by atoms with van der Waals surface area (Å²) in [7, 11) is 0. The van der Waals surface area contributed by atoms with Crippen LogP contribution in [0.3, 0.4) is 0 Å². The Hall–Kier alpha value is -0.610. The molecule has 4 nitrogen and oxygen atoms in total. The van der Waals surface area contributed by atoms with E-state index < -0.39 is 0 Å². The van der Waals surface area contributed by atoms with E-state index in [1.807, 2.05) is 0 Å². The second-order valence-electron chi connectivity index (χ2n) is 5.22. The van der Waals surface area contributed by atoms with Crippen molar-refractivity contribution in [2.45, 2.75) is 38.1 Å². The SMILES string of the molecule is O=C(C1NCC2CCCC21)N1CCCCO1. The highest BCUT2D eigenvalue weighted by molar-refractivity contribution is 5.81. The Balaban J connectivity index is 1.65. The molecule has 2 heterocycles. The maximum absolute atomic E-state index is 12.3. The van der Waals surface area contributed by atoms with E-state index >= 15 is 0 Å². The van der Waals surface area contributed by atoms with Gasteiger partial charge >= 0.3 is 0 Å². The third-order valence-electron chi connectivity index (χ3n) is 4.26. The molecule has 16 heavy (non-hydrogen) atoms. The highest BCUT2D eigenvalue weighted by Gasteiger charge is 2.44. The molecule has 0 spiro atoms. The second kappa shape index (κ2) is 4.34. The summed E-state index contributed by atoms with van der Waals surface area (Å²) in [6.45, 7) is 2.50. The topological polar surface area (TPSA) is 41.6 Å². The quantitative estimate of drug-likeness (QED) is 0.720. The Morgan fingerprint density at radius 2 is 2.19 bits per heavy atom. The van der Waals surface area contributed by atoms with Crippen molar-refractivity contribution in [1.82, 2.24) is 10.4 Å². The van der Waals surface area contributed by atoms with E-state index in [-0.39, 0.29) is 11.9 Å². The normalized spacial score (nSPS) is 38.8. The lowest BCUT2D eigenvalue weighted by atomic mass is 9.93. The van der Waals surface area contributed by atoms with Crippen molar-refractivity contribution in [2.75, 3.05) is 19.7 Å². The molecule has 1 saturated carbocycles. The molecule has 0 radical (unpaired) electrons. The minimum absolute atomic E-state index is 0.0330. The van der Waals surface area contributed by atoms with Crippen molar-refractivity contribution in [3.63, 3.8) is 0 Å². The maximum Gasteiger partial charge on any atom is 0.263 e. The Kier molecular flexibility index (Phi) is 2.86. The van der Waals surface area contributed by atoms with Gasteiger partial charge in [-0.2, -0.15) is 0 Å². The van der Waals surface area contributed by atoms with Crippen LogP contribution in [0.4, 0.5) is 0 Å².